The fourth-order valence-electron chi connectivity index (χ4n) is 3.41. The van der Waals surface area contributed by atoms with Crippen LogP contribution < -0.4 is 0 Å². The Kier molecular flexibility index (Phi) is 11.7. The van der Waals surface area contributed by atoms with Gasteiger partial charge in [0.05, 0.1) is 5.92 Å². The predicted molar refractivity (Wildman–Crippen MR) is 103 cm³/mol. The maximum absolute atomic E-state index is 11.5. The van der Waals surface area contributed by atoms with Gasteiger partial charge in [-0.25, -0.2) is 0 Å². The van der Waals surface area contributed by atoms with Gasteiger partial charge < -0.3 is 0 Å². The molecule has 0 fully saturated rings. The average Bonchev–Trinajstić information content (AvgIpc) is 3.22. The first-order chi connectivity index (χ1) is 11.6. The Bertz CT molecular complexity index is 429. The van der Waals surface area contributed by atoms with Gasteiger partial charge in [0, 0.05) is 6.42 Å². The number of rotatable bonds is 16. The summed E-state index contributed by atoms with van der Waals surface area (Å²) < 4.78 is 0. The summed E-state index contributed by atoms with van der Waals surface area (Å²) in [6, 6.07) is 0. The van der Waals surface area contributed by atoms with E-state index in [-0.39, 0.29) is 16.4 Å². The van der Waals surface area contributed by atoms with Crippen molar-refractivity contribution in [3.63, 3.8) is 0 Å². The van der Waals surface area contributed by atoms with Crippen LogP contribution in [-0.4, -0.2) is 10.5 Å². The quantitative estimate of drug-likeness (QED) is 0.167. The van der Waals surface area contributed by atoms with E-state index in [2.05, 4.69) is 6.92 Å². The van der Waals surface area contributed by atoms with Crippen LogP contribution in [-0.2, 0) is 9.59 Å². The summed E-state index contributed by atoms with van der Waals surface area (Å²) in [6.45, 7) is 2.23. The second-order valence-electron chi connectivity index (χ2n) is 6.93. The molecule has 1 unspecified atom stereocenters. The molecule has 0 aromatic rings. The zero-order valence-electron chi connectivity index (χ0n) is 15.0. The lowest BCUT2D eigenvalue weighted by Gasteiger charge is -1.99. The largest absolute Gasteiger partial charge is 0.281 e. The molecule has 138 valence electrons. The first-order valence-electron chi connectivity index (χ1n) is 9.67. The van der Waals surface area contributed by atoms with Crippen molar-refractivity contribution in [1.29, 1.82) is 0 Å². The fraction of sp³-hybridized carbons (Fsp3) is 0.800. The van der Waals surface area contributed by atoms with Crippen molar-refractivity contribution in [2.45, 2.75) is 96.8 Å². The van der Waals surface area contributed by atoms with Crippen LogP contribution in [0.5, 0.6) is 0 Å². The van der Waals surface area contributed by atoms with Gasteiger partial charge in [-0.1, -0.05) is 69.4 Å². The van der Waals surface area contributed by atoms with Gasteiger partial charge in [-0.15, -0.1) is 0 Å². The minimum absolute atomic E-state index is 0.0313. The molecule has 0 spiro atoms. The molecular formula is C20H32Cl2O2. The van der Waals surface area contributed by atoms with Crippen molar-refractivity contribution in [2.24, 2.45) is 5.92 Å². The first-order valence-corrected chi connectivity index (χ1v) is 10.4. The van der Waals surface area contributed by atoms with Crippen LogP contribution in [0.1, 0.15) is 96.8 Å². The lowest BCUT2D eigenvalue weighted by molar-refractivity contribution is -0.113. The summed E-state index contributed by atoms with van der Waals surface area (Å²) in [5.41, 5.74) is 2.65. The number of hydrogen-bond donors (Lipinski definition) is 0. The Labute approximate surface area is 157 Å². The molecular weight excluding hydrogens is 343 g/mol. The van der Waals surface area contributed by atoms with E-state index in [1.54, 1.807) is 0 Å². The molecule has 1 aliphatic rings. The summed E-state index contributed by atoms with van der Waals surface area (Å²) in [7, 11) is 0. The smallest absolute Gasteiger partial charge is 0.232 e. The van der Waals surface area contributed by atoms with Crippen molar-refractivity contribution in [1.82, 2.24) is 0 Å². The summed E-state index contributed by atoms with van der Waals surface area (Å²) in [4.78, 5) is 22.2. The van der Waals surface area contributed by atoms with Gasteiger partial charge in [-0.3, -0.25) is 9.59 Å². The molecule has 0 aromatic carbocycles. The molecule has 0 bridgehead atoms. The fourth-order valence-corrected chi connectivity index (χ4v) is 3.80. The number of allylic oxidation sites excluding steroid dienone is 2. The number of carbonyl (C=O) groups is 2. The Morgan fingerprint density at radius 3 is 1.67 bits per heavy atom. The molecule has 0 amide bonds. The first kappa shape index (κ1) is 21.7. The number of hydrogen-bond acceptors (Lipinski definition) is 2. The highest BCUT2D eigenvalue weighted by Gasteiger charge is 2.39. The van der Waals surface area contributed by atoms with Crippen LogP contribution in [0.4, 0.5) is 0 Å². The van der Waals surface area contributed by atoms with E-state index < -0.39 is 0 Å². The molecule has 0 radical (unpaired) electrons. The summed E-state index contributed by atoms with van der Waals surface area (Å²) in [6.07, 6.45) is 15.6. The third-order valence-corrected chi connectivity index (χ3v) is 5.28. The van der Waals surface area contributed by atoms with Gasteiger partial charge in [0.1, 0.15) is 0 Å². The second kappa shape index (κ2) is 12.9. The highest BCUT2D eigenvalue weighted by molar-refractivity contribution is 6.65. The molecule has 0 saturated carbocycles. The Morgan fingerprint density at radius 1 is 0.750 bits per heavy atom. The zero-order chi connectivity index (χ0) is 17.8. The van der Waals surface area contributed by atoms with Gasteiger partial charge in [0.2, 0.25) is 10.5 Å². The summed E-state index contributed by atoms with van der Waals surface area (Å²) >= 11 is 11.0. The lowest BCUT2D eigenvalue weighted by atomic mass is 10.1. The van der Waals surface area contributed by atoms with Gasteiger partial charge in [0.25, 0.3) is 0 Å². The van der Waals surface area contributed by atoms with Gasteiger partial charge >= 0.3 is 0 Å². The van der Waals surface area contributed by atoms with Gasteiger partial charge in [-0.2, -0.15) is 0 Å². The molecule has 0 saturated heterocycles. The van der Waals surface area contributed by atoms with Crippen molar-refractivity contribution >= 4 is 33.7 Å². The summed E-state index contributed by atoms with van der Waals surface area (Å²) in [5, 5.41) is -0.424. The van der Waals surface area contributed by atoms with E-state index in [4.69, 9.17) is 23.2 Å². The highest BCUT2D eigenvalue weighted by Crippen LogP contribution is 2.47. The van der Waals surface area contributed by atoms with Crippen molar-refractivity contribution in [2.75, 3.05) is 0 Å². The van der Waals surface area contributed by atoms with E-state index in [0.29, 0.717) is 6.42 Å². The van der Waals surface area contributed by atoms with Crippen LogP contribution in [0.25, 0.3) is 0 Å². The lowest BCUT2D eigenvalue weighted by Crippen LogP contribution is -1.95. The van der Waals surface area contributed by atoms with Crippen LogP contribution >= 0.6 is 23.2 Å². The van der Waals surface area contributed by atoms with Crippen molar-refractivity contribution in [3.8, 4) is 0 Å². The van der Waals surface area contributed by atoms with E-state index >= 15 is 0 Å². The Morgan fingerprint density at radius 2 is 1.21 bits per heavy atom. The van der Waals surface area contributed by atoms with Crippen LogP contribution in [0.2, 0.25) is 0 Å². The predicted octanol–water partition coefficient (Wildman–Crippen LogP) is 6.92. The minimum Gasteiger partial charge on any atom is -0.281 e. The third kappa shape index (κ3) is 9.22. The Balaban J connectivity index is 2.12. The standard InChI is InChI=1S/C20H32Cl2O2/c1-2-3-4-5-7-10-13-16-17(19(16)20(22)24)14-11-8-6-9-12-15-18(21)23/h19H,2-15H2,1H3. The molecule has 2 nitrogen and oxygen atoms in total. The molecule has 24 heavy (non-hydrogen) atoms. The Hall–Kier alpha value is -0.340. The topological polar surface area (TPSA) is 34.1 Å². The van der Waals surface area contributed by atoms with Crippen LogP contribution in [0, 0.1) is 5.92 Å². The van der Waals surface area contributed by atoms with E-state index in [1.807, 2.05) is 0 Å². The van der Waals surface area contributed by atoms with Crippen molar-refractivity contribution < 1.29 is 9.59 Å². The molecule has 0 aromatic heterocycles. The number of unbranched alkanes of at least 4 members (excludes halogenated alkanes) is 9. The highest BCUT2D eigenvalue weighted by atomic mass is 35.5. The molecule has 4 heteroatoms. The van der Waals surface area contributed by atoms with Gasteiger partial charge in [-0.05, 0) is 55.3 Å². The average molecular weight is 375 g/mol. The summed E-state index contributed by atoms with van der Waals surface area (Å²) in [5.74, 6) is -0.0313. The third-order valence-electron chi connectivity index (χ3n) is 4.87. The number of carbonyl (C=O) groups excluding carboxylic acids is 2. The minimum atomic E-state index is -0.235. The maximum Gasteiger partial charge on any atom is 0.232 e. The molecule has 0 N–H and O–H groups in total. The zero-order valence-corrected chi connectivity index (χ0v) is 16.6. The second-order valence-corrected chi connectivity index (χ2v) is 7.72. The molecule has 0 aliphatic heterocycles. The SMILES string of the molecule is CCCCCCCCC1=C(CCCCCCCC(=O)Cl)C1C(=O)Cl. The number of halogens is 2. The molecule has 1 aliphatic carbocycles. The normalized spacial score (nSPS) is 16.5. The van der Waals surface area contributed by atoms with E-state index in [0.717, 1.165) is 44.9 Å². The van der Waals surface area contributed by atoms with Crippen LogP contribution in [0.3, 0.4) is 0 Å². The van der Waals surface area contributed by atoms with Gasteiger partial charge in [0.15, 0.2) is 0 Å². The molecule has 1 rings (SSSR count). The van der Waals surface area contributed by atoms with E-state index in [9.17, 15) is 9.59 Å². The van der Waals surface area contributed by atoms with Crippen LogP contribution in [0.15, 0.2) is 11.1 Å². The van der Waals surface area contributed by atoms with Crippen molar-refractivity contribution in [3.05, 3.63) is 11.1 Å². The monoisotopic (exact) mass is 374 g/mol. The van der Waals surface area contributed by atoms with E-state index in [1.165, 1.54) is 49.7 Å². The molecule has 0 heterocycles. The molecule has 1 atom stereocenters. The maximum atomic E-state index is 11.5.